The van der Waals surface area contributed by atoms with E-state index in [-0.39, 0.29) is 11.2 Å². The lowest BCUT2D eigenvalue weighted by molar-refractivity contribution is 0.471. The molecule has 0 unspecified atom stereocenters. The highest BCUT2D eigenvalue weighted by molar-refractivity contribution is 6.30. The highest BCUT2D eigenvalue weighted by Crippen LogP contribution is 2.28. The zero-order valence-electron chi connectivity index (χ0n) is 7.56. The average molecular weight is 185 g/mol. The molecule has 0 saturated heterocycles. The first-order valence-electron chi connectivity index (χ1n) is 3.89. The van der Waals surface area contributed by atoms with E-state index in [1.807, 2.05) is 6.07 Å². The van der Waals surface area contributed by atoms with Crippen molar-refractivity contribution in [1.82, 2.24) is 0 Å². The van der Waals surface area contributed by atoms with Crippen LogP contribution in [0.3, 0.4) is 0 Å². The van der Waals surface area contributed by atoms with Gasteiger partial charge in [0.25, 0.3) is 0 Å². The van der Waals surface area contributed by atoms with E-state index in [9.17, 15) is 5.11 Å². The number of halogens is 1. The van der Waals surface area contributed by atoms with Gasteiger partial charge in [0.2, 0.25) is 0 Å². The molecule has 0 saturated carbocycles. The van der Waals surface area contributed by atoms with Crippen molar-refractivity contribution < 1.29 is 5.11 Å². The maximum atomic E-state index is 9.27. The van der Waals surface area contributed by atoms with E-state index >= 15 is 0 Å². The average Bonchev–Trinajstić information content (AvgIpc) is 1.82. The Kier molecular flexibility index (Phi) is 2.34. The van der Waals surface area contributed by atoms with Gasteiger partial charge in [-0.1, -0.05) is 32.4 Å². The van der Waals surface area contributed by atoms with Gasteiger partial charge in [0.15, 0.2) is 0 Å². The number of hydrogen-bond donors (Lipinski definition) is 1. The highest BCUT2D eigenvalue weighted by Gasteiger charge is 2.14. The number of aromatic hydroxyl groups is 1. The fourth-order valence-electron chi connectivity index (χ4n) is 1.01. The summed E-state index contributed by atoms with van der Waals surface area (Å²) in [5.41, 5.74) is 1.08. The van der Waals surface area contributed by atoms with Crippen molar-refractivity contribution in [3.8, 4) is 5.75 Å². The second-order valence-electron chi connectivity index (χ2n) is 3.95. The Labute approximate surface area is 78.0 Å². The summed E-state index contributed by atoms with van der Waals surface area (Å²) in [7, 11) is 0. The smallest absolute Gasteiger partial charge is 0.117 e. The van der Waals surface area contributed by atoms with Crippen molar-refractivity contribution in [3.05, 3.63) is 28.8 Å². The summed E-state index contributed by atoms with van der Waals surface area (Å²) in [5.74, 6) is 0.229. The first-order chi connectivity index (χ1) is 5.39. The molecule has 0 heterocycles. The summed E-state index contributed by atoms with van der Waals surface area (Å²) in [5, 5.41) is 9.86. The van der Waals surface area contributed by atoms with Gasteiger partial charge in [0.05, 0.1) is 0 Å². The summed E-state index contributed by atoms with van der Waals surface area (Å²) in [6.45, 7) is 6.24. The van der Waals surface area contributed by atoms with Crippen LogP contribution >= 0.6 is 11.6 Å². The van der Waals surface area contributed by atoms with E-state index in [2.05, 4.69) is 20.8 Å². The molecular weight excluding hydrogens is 172 g/mol. The fourth-order valence-corrected chi connectivity index (χ4v) is 1.24. The largest absolute Gasteiger partial charge is 0.508 e. The molecule has 0 fully saturated rings. The zero-order valence-corrected chi connectivity index (χ0v) is 8.31. The SMILES string of the molecule is CC(C)(C)c1cc(O)cc(Cl)c1. The molecule has 0 aliphatic rings. The second kappa shape index (κ2) is 2.98. The summed E-state index contributed by atoms with van der Waals surface area (Å²) in [6, 6.07) is 5.16. The van der Waals surface area contributed by atoms with Crippen LogP contribution in [-0.4, -0.2) is 5.11 Å². The molecule has 12 heavy (non-hydrogen) atoms. The van der Waals surface area contributed by atoms with Crippen LogP contribution in [0.4, 0.5) is 0 Å². The van der Waals surface area contributed by atoms with Gasteiger partial charge in [-0.2, -0.15) is 0 Å². The van der Waals surface area contributed by atoms with E-state index in [0.717, 1.165) is 5.56 Å². The lowest BCUT2D eigenvalue weighted by Gasteiger charge is -2.19. The van der Waals surface area contributed by atoms with Crippen LogP contribution in [0.25, 0.3) is 0 Å². The second-order valence-corrected chi connectivity index (χ2v) is 4.38. The molecule has 0 bridgehead atoms. The van der Waals surface area contributed by atoms with E-state index in [1.54, 1.807) is 6.07 Å². The quantitative estimate of drug-likeness (QED) is 0.656. The molecule has 66 valence electrons. The molecule has 0 amide bonds. The van der Waals surface area contributed by atoms with Crippen LogP contribution in [0, 0.1) is 0 Å². The van der Waals surface area contributed by atoms with Gasteiger partial charge in [0.1, 0.15) is 5.75 Å². The van der Waals surface area contributed by atoms with E-state index in [4.69, 9.17) is 11.6 Å². The number of phenolic OH excluding ortho intramolecular Hbond substituents is 1. The summed E-state index contributed by atoms with van der Waals surface area (Å²) >= 11 is 5.80. The predicted molar refractivity (Wildman–Crippen MR) is 51.8 cm³/mol. The molecule has 0 aromatic heterocycles. The third kappa shape index (κ3) is 2.15. The van der Waals surface area contributed by atoms with Gasteiger partial charge in [-0.3, -0.25) is 0 Å². The number of rotatable bonds is 0. The minimum Gasteiger partial charge on any atom is -0.508 e. The Morgan fingerprint density at radius 2 is 1.75 bits per heavy atom. The molecule has 0 aliphatic carbocycles. The van der Waals surface area contributed by atoms with E-state index in [1.165, 1.54) is 6.07 Å². The fraction of sp³-hybridized carbons (Fsp3) is 0.400. The molecule has 1 aromatic rings. The molecule has 0 aliphatic heterocycles. The minimum absolute atomic E-state index is 0.0301. The van der Waals surface area contributed by atoms with Crippen LogP contribution in [0.15, 0.2) is 18.2 Å². The standard InChI is InChI=1S/C10H13ClO/c1-10(2,3)7-4-8(11)6-9(12)5-7/h4-6,12H,1-3H3. The highest BCUT2D eigenvalue weighted by atomic mass is 35.5. The molecule has 1 nitrogen and oxygen atoms in total. The monoisotopic (exact) mass is 184 g/mol. The van der Waals surface area contributed by atoms with Crippen molar-refractivity contribution in [2.45, 2.75) is 26.2 Å². The van der Waals surface area contributed by atoms with Crippen LogP contribution in [-0.2, 0) is 5.41 Å². The number of hydrogen-bond acceptors (Lipinski definition) is 1. The van der Waals surface area contributed by atoms with Gasteiger partial charge in [-0.05, 0) is 29.2 Å². The molecule has 1 rings (SSSR count). The Bertz CT molecular complexity index is 266. The molecule has 2 heteroatoms. The topological polar surface area (TPSA) is 20.2 Å². The molecule has 0 spiro atoms. The lowest BCUT2D eigenvalue weighted by Crippen LogP contribution is -2.10. The molecular formula is C10H13ClO. The lowest BCUT2D eigenvalue weighted by atomic mass is 9.87. The van der Waals surface area contributed by atoms with Crippen LogP contribution in [0.1, 0.15) is 26.3 Å². The molecule has 1 N–H and O–H groups in total. The van der Waals surface area contributed by atoms with Gasteiger partial charge in [-0.15, -0.1) is 0 Å². The Balaban J connectivity index is 3.18. The van der Waals surface area contributed by atoms with Crippen LogP contribution in [0.5, 0.6) is 5.75 Å². The maximum Gasteiger partial charge on any atom is 0.117 e. The summed E-state index contributed by atoms with van der Waals surface area (Å²) in [6.07, 6.45) is 0. The maximum absolute atomic E-state index is 9.27. The third-order valence-corrected chi connectivity index (χ3v) is 1.97. The minimum atomic E-state index is 0.0301. The summed E-state index contributed by atoms with van der Waals surface area (Å²) in [4.78, 5) is 0. The Morgan fingerprint density at radius 3 is 2.17 bits per heavy atom. The Hall–Kier alpha value is -0.690. The first kappa shape index (κ1) is 9.40. The van der Waals surface area contributed by atoms with Crippen molar-refractivity contribution in [2.75, 3.05) is 0 Å². The molecule has 0 atom stereocenters. The van der Waals surface area contributed by atoms with Crippen molar-refractivity contribution in [3.63, 3.8) is 0 Å². The molecule has 0 radical (unpaired) electrons. The van der Waals surface area contributed by atoms with Crippen molar-refractivity contribution in [1.29, 1.82) is 0 Å². The summed E-state index contributed by atoms with van der Waals surface area (Å²) < 4.78 is 0. The Morgan fingerprint density at radius 1 is 1.17 bits per heavy atom. The van der Waals surface area contributed by atoms with E-state index in [0.29, 0.717) is 5.02 Å². The van der Waals surface area contributed by atoms with Crippen molar-refractivity contribution in [2.24, 2.45) is 0 Å². The van der Waals surface area contributed by atoms with Gasteiger partial charge in [0, 0.05) is 5.02 Å². The van der Waals surface area contributed by atoms with Gasteiger partial charge < -0.3 is 5.11 Å². The zero-order chi connectivity index (χ0) is 9.35. The number of benzene rings is 1. The molecule has 1 aromatic carbocycles. The van der Waals surface area contributed by atoms with Crippen LogP contribution in [0.2, 0.25) is 5.02 Å². The third-order valence-electron chi connectivity index (χ3n) is 1.75. The predicted octanol–water partition coefficient (Wildman–Crippen LogP) is 3.34. The number of phenols is 1. The van der Waals surface area contributed by atoms with E-state index < -0.39 is 0 Å². The van der Waals surface area contributed by atoms with Crippen molar-refractivity contribution >= 4 is 11.6 Å². The van der Waals surface area contributed by atoms with Gasteiger partial charge >= 0.3 is 0 Å². The van der Waals surface area contributed by atoms with Crippen LogP contribution < -0.4 is 0 Å². The van der Waals surface area contributed by atoms with Gasteiger partial charge in [-0.25, -0.2) is 0 Å². The first-order valence-corrected chi connectivity index (χ1v) is 4.27. The normalized spacial score (nSPS) is 11.7.